The van der Waals surface area contributed by atoms with Gasteiger partial charge in [0.1, 0.15) is 0 Å². The first kappa shape index (κ1) is 23.3. The zero-order valence-electron chi connectivity index (χ0n) is 17.2. The van der Waals surface area contributed by atoms with E-state index in [2.05, 4.69) is 45.9 Å². The lowest BCUT2D eigenvalue weighted by atomic mass is 9.91. The second kappa shape index (κ2) is 15.8. The van der Waals surface area contributed by atoms with Gasteiger partial charge in [0, 0.05) is 0 Å². The largest absolute Gasteiger partial charge is 0.151 e. The summed E-state index contributed by atoms with van der Waals surface area (Å²) >= 11 is 0. The lowest BCUT2D eigenvalue weighted by molar-refractivity contribution is 0.389. The Morgan fingerprint density at radius 1 is 0.833 bits per heavy atom. The van der Waals surface area contributed by atoms with Crippen LogP contribution in [0.2, 0.25) is 0 Å². The van der Waals surface area contributed by atoms with Crippen molar-refractivity contribution in [3.63, 3.8) is 0 Å². The highest BCUT2D eigenvalue weighted by atomic mass is 16.3. The second-order valence-electron chi connectivity index (χ2n) is 8.40. The number of unbranched alkanes of at least 4 members (excludes halogenated alkanes) is 1. The Labute approximate surface area is 151 Å². The van der Waals surface area contributed by atoms with Crippen LogP contribution in [0.15, 0.2) is 16.8 Å². The van der Waals surface area contributed by atoms with E-state index in [1.54, 1.807) is 0 Å². The van der Waals surface area contributed by atoms with Crippen molar-refractivity contribution in [2.45, 2.75) is 105 Å². The molecule has 0 aromatic rings. The van der Waals surface area contributed by atoms with Crippen LogP contribution in [-0.2, 0) is 0 Å². The first-order valence-electron chi connectivity index (χ1n) is 10.4. The Hall–Kier alpha value is -0.660. The van der Waals surface area contributed by atoms with Crippen LogP contribution in [0.4, 0.5) is 0 Å². The number of nitroso groups, excluding NO2 is 1. The number of hydrogen-bond donors (Lipinski definition) is 0. The Bertz CT molecular complexity index is 322. The molecule has 0 radical (unpaired) electrons. The van der Waals surface area contributed by atoms with Gasteiger partial charge in [0.25, 0.3) is 0 Å². The number of nitrogens with zero attached hydrogens (tertiary/aromatic N) is 1. The third-order valence-corrected chi connectivity index (χ3v) is 5.09. The molecule has 0 spiro atoms. The fourth-order valence-electron chi connectivity index (χ4n) is 3.31. The van der Waals surface area contributed by atoms with Gasteiger partial charge < -0.3 is 0 Å². The van der Waals surface area contributed by atoms with Crippen LogP contribution in [-0.4, -0.2) is 6.54 Å². The van der Waals surface area contributed by atoms with Crippen LogP contribution < -0.4 is 0 Å². The van der Waals surface area contributed by atoms with E-state index in [9.17, 15) is 4.91 Å². The SMILES string of the molecule is C/C(=C\CCCN=O)CCCC(C)CCCC(C)CCCC(C)C. The molecule has 0 aliphatic rings. The predicted octanol–water partition coefficient (Wildman–Crippen LogP) is 7.92. The third-order valence-electron chi connectivity index (χ3n) is 5.09. The maximum atomic E-state index is 10.0. The van der Waals surface area contributed by atoms with Crippen LogP contribution in [0.1, 0.15) is 105 Å². The van der Waals surface area contributed by atoms with E-state index in [0.717, 1.165) is 30.6 Å². The first-order valence-corrected chi connectivity index (χ1v) is 10.4. The molecule has 2 nitrogen and oxygen atoms in total. The second-order valence-corrected chi connectivity index (χ2v) is 8.40. The maximum Gasteiger partial charge on any atom is 0.0814 e. The summed E-state index contributed by atoms with van der Waals surface area (Å²) in [5, 5.41) is 2.90. The average Bonchev–Trinajstić information content (AvgIpc) is 2.51. The lowest BCUT2D eigenvalue weighted by Crippen LogP contribution is -2.00. The van der Waals surface area contributed by atoms with Gasteiger partial charge in [0.2, 0.25) is 0 Å². The summed E-state index contributed by atoms with van der Waals surface area (Å²) in [6.45, 7) is 12.2. The van der Waals surface area contributed by atoms with Gasteiger partial charge in [-0.3, -0.25) is 0 Å². The summed E-state index contributed by atoms with van der Waals surface area (Å²) in [5.41, 5.74) is 1.48. The normalized spacial score (nSPS) is 14.8. The molecule has 0 aliphatic carbocycles. The van der Waals surface area contributed by atoms with Crippen molar-refractivity contribution in [3.8, 4) is 0 Å². The minimum Gasteiger partial charge on any atom is -0.151 e. The Kier molecular flexibility index (Phi) is 15.4. The monoisotopic (exact) mass is 337 g/mol. The van der Waals surface area contributed by atoms with E-state index in [1.807, 2.05) is 0 Å². The minimum atomic E-state index is 0.455. The van der Waals surface area contributed by atoms with Gasteiger partial charge in [0.15, 0.2) is 0 Å². The summed E-state index contributed by atoms with van der Waals surface area (Å²) in [6.07, 6.45) is 16.5. The molecule has 0 amide bonds. The summed E-state index contributed by atoms with van der Waals surface area (Å²) in [4.78, 5) is 10.0. The van der Waals surface area contributed by atoms with Crippen LogP contribution in [0.25, 0.3) is 0 Å². The molecule has 2 heteroatoms. The lowest BCUT2D eigenvalue weighted by Gasteiger charge is -2.15. The zero-order valence-corrected chi connectivity index (χ0v) is 17.2. The first-order chi connectivity index (χ1) is 11.5. The highest BCUT2D eigenvalue weighted by molar-refractivity contribution is 4.97. The van der Waals surface area contributed by atoms with E-state index < -0.39 is 0 Å². The quantitative estimate of drug-likeness (QED) is 0.160. The molecule has 0 fully saturated rings. The van der Waals surface area contributed by atoms with Gasteiger partial charge in [-0.05, 0) is 50.4 Å². The average molecular weight is 338 g/mol. The van der Waals surface area contributed by atoms with Crippen molar-refractivity contribution >= 4 is 0 Å². The van der Waals surface area contributed by atoms with E-state index in [4.69, 9.17) is 0 Å². The molecule has 0 aliphatic heterocycles. The van der Waals surface area contributed by atoms with Crippen molar-refractivity contribution < 1.29 is 0 Å². The van der Waals surface area contributed by atoms with Crippen molar-refractivity contribution in [1.82, 2.24) is 0 Å². The summed E-state index contributed by atoms with van der Waals surface area (Å²) in [5.74, 6) is 2.62. The molecule has 0 N–H and O–H groups in total. The molecule has 0 saturated carbocycles. The molecule has 2 unspecified atom stereocenters. The van der Waals surface area contributed by atoms with E-state index in [1.165, 1.54) is 63.4 Å². The van der Waals surface area contributed by atoms with Gasteiger partial charge in [-0.1, -0.05) is 89.5 Å². The Morgan fingerprint density at radius 3 is 1.92 bits per heavy atom. The molecule has 0 rings (SSSR count). The summed E-state index contributed by atoms with van der Waals surface area (Å²) in [7, 11) is 0. The molecule has 0 bridgehead atoms. The molecule has 0 heterocycles. The standard InChI is InChI=1S/C22H43NO/c1-19(2)11-8-13-21(4)15-10-17-22(5)16-9-14-20(3)12-6-7-18-23-24/h12,19,21-22H,6-11,13-18H2,1-5H3/b20-12+. The van der Waals surface area contributed by atoms with Gasteiger partial charge >= 0.3 is 0 Å². The van der Waals surface area contributed by atoms with Gasteiger partial charge in [-0.15, -0.1) is 0 Å². The smallest absolute Gasteiger partial charge is 0.0814 e. The highest BCUT2D eigenvalue weighted by Crippen LogP contribution is 2.22. The fraction of sp³-hybridized carbons (Fsp3) is 0.909. The molecular weight excluding hydrogens is 294 g/mol. The van der Waals surface area contributed by atoms with Crippen molar-refractivity contribution in [3.05, 3.63) is 16.6 Å². The fourth-order valence-corrected chi connectivity index (χ4v) is 3.31. The van der Waals surface area contributed by atoms with Gasteiger partial charge in [0.05, 0.1) is 6.54 Å². The van der Waals surface area contributed by atoms with Gasteiger partial charge in [-0.25, -0.2) is 0 Å². The van der Waals surface area contributed by atoms with Crippen molar-refractivity contribution in [2.75, 3.05) is 6.54 Å². The molecule has 0 aromatic carbocycles. The van der Waals surface area contributed by atoms with Gasteiger partial charge in [-0.2, -0.15) is 4.91 Å². The third kappa shape index (κ3) is 16.2. The minimum absolute atomic E-state index is 0.455. The molecule has 24 heavy (non-hydrogen) atoms. The maximum absolute atomic E-state index is 10.0. The van der Waals surface area contributed by atoms with E-state index >= 15 is 0 Å². The predicted molar refractivity (Wildman–Crippen MR) is 108 cm³/mol. The molecule has 0 saturated heterocycles. The molecule has 0 aromatic heterocycles. The van der Waals surface area contributed by atoms with E-state index in [-0.39, 0.29) is 0 Å². The Balaban J connectivity index is 3.58. The van der Waals surface area contributed by atoms with Crippen LogP contribution >= 0.6 is 0 Å². The topological polar surface area (TPSA) is 29.4 Å². The zero-order chi connectivity index (χ0) is 18.2. The molecular formula is C22H43NO. The Morgan fingerprint density at radius 2 is 1.38 bits per heavy atom. The molecule has 2 atom stereocenters. The highest BCUT2D eigenvalue weighted by Gasteiger charge is 2.06. The van der Waals surface area contributed by atoms with Crippen LogP contribution in [0.5, 0.6) is 0 Å². The summed E-state index contributed by atoms with van der Waals surface area (Å²) in [6, 6.07) is 0. The summed E-state index contributed by atoms with van der Waals surface area (Å²) < 4.78 is 0. The van der Waals surface area contributed by atoms with Crippen LogP contribution in [0.3, 0.4) is 0 Å². The molecule has 142 valence electrons. The number of rotatable bonds is 16. The number of hydrogen-bond acceptors (Lipinski definition) is 2. The van der Waals surface area contributed by atoms with Crippen molar-refractivity contribution in [1.29, 1.82) is 0 Å². The van der Waals surface area contributed by atoms with Crippen LogP contribution in [0, 0.1) is 22.7 Å². The number of allylic oxidation sites excluding steroid dienone is 2. The van der Waals surface area contributed by atoms with E-state index in [0.29, 0.717) is 6.54 Å². The van der Waals surface area contributed by atoms with Crippen molar-refractivity contribution in [2.24, 2.45) is 22.9 Å².